The Morgan fingerprint density at radius 1 is 1.32 bits per heavy atom. The van der Waals surface area contributed by atoms with Crippen LogP contribution in [0.2, 0.25) is 0 Å². The van der Waals surface area contributed by atoms with Crippen molar-refractivity contribution in [2.75, 3.05) is 0 Å². The van der Waals surface area contributed by atoms with E-state index in [0.29, 0.717) is 5.76 Å². The van der Waals surface area contributed by atoms with Gasteiger partial charge in [0.25, 0.3) is 5.91 Å². The van der Waals surface area contributed by atoms with Gasteiger partial charge in [0.2, 0.25) is 5.76 Å². The van der Waals surface area contributed by atoms with E-state index < -0.39 is 11.9 Å². The summed E-state index contributed by atoms with van der Waals surface area (Å²) in [5.74, 6) is -1.60. The van der Waals surface area contributed by atoms with Crippen LogP contribution in [0.4, 0.5) is 0 Å². The summed E-state index contributed by atoms with van der Waals surface area (Å²) in [4.78, 5) is 26.0. The highest BCUT2D eigenvalue weighted by Gasteiger charge is 2.11. The molecule has 0 radical (unpaired) electrons. The first-order valence-corrected chi connectivity index (χ1v) is 5.30. The third-order valence-electron chi connectivity index (χ3n) is 2.28. The minimum absolute atomic E-state index is 0.0434. The lowest BCUT2D eigenvalue weighted by Gasteiger charge is -2.03. The minimum Gasteiger partial charge on any atom is -0.506 e. The van der Waals surface area contributed by atoms with Crippen LogP contribution in [-0.4, -0.2) is 27.1 Å². The van der Waals surface area contributed by atoms with Crippen LogP contribution in [0.25, 0.3) is 0 Å². The van der Waals surface area contributed by atoms with Crippen molar-refractivity contribution in [3.05, 3.63) is 47.7 Å². The highest BCUT2D eigenvalue weighted by molar-refractivity contribution is 5.94. The maximum Gasteiger partial charge on any atom is 0.371 e. The molecule has 19 heavy (non-hydrogen) atoms. The lowest BCUT2D eigenvalue weighted by atomic mass is 10.2. The predicted molar refractivity (Wildman–Crippen MR) is 62.7 cm³/mol. The summed E-state index contributed by atoms with van der Waals surface area (Å²) in [7, 11) is 0. The Balaban J connectivity index is 1.98. The number of carboxylic acids is 1. The maximum absolute atomic E-state index is 11.7. The number of aromatic carboxylic acids is 1. The molecule has 0 atom stereocenters. The minimum atomic E-state index is -1.17. The van der Waals surface area contributed by atoms with Gasteiger partial charge in [-0.05, 0) is 18.2 Å². The topological polar surface area (TPSA) is 113 Å². The van der Waals surface area contributed by atoms with Crippen molar-refractivity contribution >= 4 is 11.9 Å². The Morgan fingerprint density at radius 2 is 2.11 bits per heavy atom. The summed E-state index contributed by atoms with van der Waals surface area (Å²) in [6, 6.07) is 4.04. The molecule has 0 aliphatic heterocycles. The van der Waals surface area contributed by atoms with Gasteiger partial charge in [-0.15, -0.1) is 0 Å². The summed E-state index contributed by atoms with van der Waals surface area (Å²) in [5, 5.41) is 20.4. The summed E-state index contributed by atoms with van der Waals surface area (Å²) in [6.07, 6.45) is 2.52. The number of hydrogen-bond donors (Lipinski definition) is 3. The average Bonchev–Trinajstić information content (AvgIpc) is 2.85. The van der Waals surface area contributed by atoms with Gasteiger partial charge in [-0.2, -0.15) is 0 Å². The molecule has 7 heteroatoms. The molecule has 2 aromatic rings. The zero-order valence-electron chi connectivity index (χ0n) is 9.66. The number of furan rings is 1. The molecule has 1 amide bonds. The number of carboxylic acid groups (broad SMARTS) is 1. The standard InChI is InChI=1S/C12H10N2O5/c15-8-3-7(4-13-5-8)11(16)14-6-9-1-2-10(19-9)12(17)18/h1-5,15H,6H2,(H,14,16)(H,17,18). The highest BCUT2D eigenvalue weighted by atomic mass is 16.4. The highest BCUT2D eigenvalue weighted by Crippen LogP contribution is 2.10. The number of hydrogen-bond acceptors (Lipinski definition) is 5. The van der Waals surface area contributed by atoms with Gasteiger partial charge in [0, 0.05) is 6.20 Å². The van der Waals surface area contributed by atoms with Crippen LogP contribution in [0.15, 0.2) is 35.0 Å². The molecule has 0 saturated carbocycles. The van der Waals surface area contributed by atoms with Gasteiger partial charge in [-0.25, -0.2) is 4.79 Å². The van der Waals surface area contributed by atoms with Gasteiger partial charge in [0.05, 0.1) is 18.3 Å². The Hall–Kier alpha value is -2.83. The zero-order valence-corrected chi connectivity index (χ0v) is 9.66. The second kappa shape index (κ2) is 5.21. The van der Waals surface area contributed by atoms with Crippen molar-refractivity contribution in [2.24, 2.45) is 0 Å². The summed E-state index contributed by atoms with van der Waals surface area (Å²) in [6.45, 7) is 0.0434. The van der Waals surface area contributed by atoms with E-state index in [9.17, 15) is 14.7 Å². The molecule has 0 aromatic carbocycles. The van der Waals surface area contributed by atoms with E-state index in [1.54, 1.807) is 0 Å². The van der Waals surface area contributed by atoms with Crippen LogP contribution in [0, 0.1) is 0 Å². The number of nitrogens with one attached hydrogen (secondary N) is 1. The van der Waals surface area contributed by atoms with Crippen LogP contribution < -0.4 is 5.32 Å². The van der Waals surface area contributed by atoms with Gasteiger partial charge in [-0.3, -0.25) is 9.78 Å². The van der Waals surface area contributed by atoms with E-state index >= 15 is 0 Å². The third kappa shape index (κ3) is 3.09. The SMILES string of the molecule is O=C(NCc1ccc(C(=O)O)o1)c1cncc(O)c1. The molecule has 2 aromatic heterocycles. The number of amides is 1. The van der Waals surface area contributed by atoms with Crippen molar-refractivity contribution in [1.29, 1.82) is 0 Å². The smallest absolute Gasteiger partial charge is 0.371 e. The normalized spacial score (nSPS) is 10.1. The second-order valence-electron chi connectivity index (χ2n) is 3.69. The number of rotatable bonds is 4. The molecule has 0 bridgehead atoms. The molecule has 0 fully saturated rings. The lowest BCUT2D eigenvalue weighted by Crippen LogP contribution is -2.22. The van der Waals surface area contributed by atoms with Gasteiger partial charge < -0.3 is 19.9 Å². The van der Waals surface area contributed by atoms with Crippen molar-refractivity contribution in [2.45, 2.75) is 6.54 Å². The first-order chi connectivity index (χ1) is 9.06. The van der Waals surface area contributed by atoms with Crippen molar-refractivity contribution in [3.8, 4) is 5.75 Å². The Morgan fingerprint density at radius 3 is 2.74 bits per heavy atom. The molecule has 7 nitrogen and oxygen atoms in total. The van der Waals surface area contributed by atoms with E-state index in [4.69, 9.17) is 9.52 Å². The molecule has 98 valence electrons. The average molecular weight is 262 g/mol. The fourth-order valence-corrected chi connectivity index (χ4v) is 1.41. The summed E-state index contributed by atoms with van der Waals surface area (Å²) >= 11 is 0. The third-order valence-corrected chi connectivity index (χ3v) is 2.28. The first-order valence-electron chi connectivity index (χ1n) is 5.30. The molecule has 0 unspecified atom stereocenters. The van der Waals surface area contributed by atoms with Gasteiger partial charge in [0.1, 0.15) is 11.5 Å². The summed E-state index contributed by atoms with van der Waals surface area (Å²) in [5.41, 5.74) is 0.199. The zero-order chi connectivity index (χ0) is 13.8. The maximum atomic E-state index is 11.7. The Bertz CT molecular complexity index is 620. The van der Waals surface area contributed by atoms with Crippen molar-refractivity contribution in [1.82, 2.24) is 10.3 Å². The van der Waals surface area contributed by atoms with Crippen LogP contribution >= 0.6 is 0 Å². The van der Waals surface area contributed by atoms with Gasteiger partial charge in [-0.1, -0.05) is 0 Å². The first kappa shape index (κ1) is 12.6. The van der Waals surface area contributed by atoms with Gasteiger partial charge >= 0.3 is 5.97 Å². The van der Waals surface area contributed by atoms with Crippen molar-refractivity contribution < 1.29 is 24.2 Å². The summed E-state index contributed by atoms with van der Waals surface area (Å²) < 4.78 is 4.98. The number of nitrogens with zero attached hydrogens (tertiary/aromatic N) is 1. The fourth-order valence-electron chi connectivity index (χ4n) is 1.41. The van der Waals surface area contributed by atoms with Crippen LogP contribution in [0.3, 0.4) is 0 Å². The molecule has 0 aliphatic rings. The van der Waals surface area contributed by atoms with E-state index in [1.807, 2.05) is 0 Å². The number of aromatic nitrogens is 1. The largest absolute Gasteiger partial charge is 0.506 e. The Kier molecular flexibility index (Phi) is 3.46. The van der Waals surface area contributed by atoms with E-state index in [0.717, 1.165) is 0 Å². The monoisotopic (exact) mass is 262 g/mol. The van der Waals surface area contributed by atoms with Gasteiger partial charge in [0.15, 0.2) is 0 Å². The molecular weight excluding hydrogens is 252 g/mol. The Labute approximate surface area is 107 Å². The molecule has 2 rings (SSSR count). The quantitative estimate of drug-likeness (QED) is 0.757. The van der Waals surface area contributed by atoms with Crippen LogP contribution in [0.1, 0.15) is 26.7 Å². The second-order valence-corrected chi connectivity index (χ2v) is 3.69. The molecule has 2 heterocycles. The molecule has 0 saturated heterocycles. The van der Waals surface area contributed by atoms with Crippen LogP contribution in [-0.2, 0) is 6.54 Å². The van der Waals surface area contributed by atoms with E-state index in [1.165, 1.54) is 30.6 Å². The molecule has 3 N–H and O–H groups in total. The number of carbonyl (C=O) groups is 2. The fraction of sp³-hybridized carbons (Fsp3) is 0.0833. The van der Waals surface area contributed by atoms with E-state index in [-0.39, 0.29) is 23.6 Å². The molecular formula is C12H10N2O5. The number of aromatic hydroxyl groups is 1. The van der Waals surface area contributed by atoms with Crippen molar-refractivity contribution in [3.63, 3.8) is 0 Å². The molecule has 0 spiro atoms. The lowest BCUT2D eigenvalue weighted by molar-refractivity contribution is 0.0660. The molecule has 0 aliphatic carbocycles. The van der Waals surface area contributed by atoms with Crippen LogP contribution in [0.5, 0.6) is 5.75 Å². The number of carbonyl (C=O) groups excluding carboxylic acids is 1. The number of pyridine rings is 1. The van der Waals surface area contributed by atoms with E-state index in [2.05, 4.69) is 10.3 Å². The predicted octanol–water partition coefficient (Wildman–Crippen LogP) is 1.01.